The predicted octanol–water partition coefficient (Wildman–Crippen LogP) is 3.09. The summed E-state index contributed by atoms with van der Waals surface area (Å²) in [5, 5.41) is 0. The van der Waals surface area contributed by atoms with Crippen molar-refractivity contribution in [2.75, 3.05) is 14.2 Å². The van der Waals surface area contributed by atoms with Crippen LogP contribution in [0, 0.1) is 0 Å². The first kappa shape index (κ1) is 17.1. The van der Waals surface area contributed by atoms with E-state index in [1.807, 2.05) is 30.3 Å². The van der Waals surface area contributed by atoms with Crippen molar-refractivity contribution in [3.63, 3.8) is 0 Å². The van der Waals surface area contributed by atoms with Crippen molar-refractivity contribution in [1.29, 1.82) is 0 Å². The molecule has 0 radical (unpaired) electrons. The standard InChI is InChI=1S/C14H20GeO4S/c1-15(2,20-11-8-6-5-7-9-11)12(14(17)19-4)10-13(16)18-3/h5-9,12H,10H2,1-4H3. The molecule has 110 valence electrons. The molecule has 6 heteroatoms. The van der Waals surface area contributed by atoms with E-state index < -0.39 is 12.1 Å². The van der Waals surface area contributed by atoms with Crippen LogP contribution in [0.15, 0.2) is 35.2 Å². The van der Waals surface area contributed by atoms with Crippen LogP contribution in [-0.4, -0.2) is 38.3 Å². The van der Waals surface area contributed by atoms with Gasteiger partial charge in [-0.3, -0.25) is 0 Å². The third kappa shape index (κ3) is 4.87. The quantitative estimate of drug-likeness (QED) is 0.579. The summed E-state index contributed by atoms with van der Waals surface area (Å²) in [5.74, 6) is 3.54. The Hall–Kier alpha value is -0.947. The van der Waals surface area contributed by atoms with Gasteiger partial charge in [-0.25, -0.2) is 0 Å². The molecule has 0 aliphatic carbocycles. The Morgan fingerprint density at radius 3 is 2.25 bits per heavy atom. The molecule has 0 N–H and O–H groups in total. The molecule has 20 heavy (non-hydrogen) atoms. The minimum absolute atomic E-state index is 0.0933. The Bertz CT molecular complexity index is 462. The van der Waals surface area contributed by atoms with E-state index in [0.29, 0.717) is 0 Å². The van der Waals surface area contributed by atoms with E-state index in [1.54, 1.807) is 10.1 Å². The first-order valence-electron chi connectivity index (χ1n) is 6.29. The van der Waals surface area contributed by atoms with Gasteiger partial charge in [0.2, 0.25) is 0 Å². The van der Waals surface area contributed by atoms with E-state index in [4.69, 9.17) is 9.47 Å². The number of rotatable bonds is 6. The third-order valence-corrected chi connectivity index (χ3v) is 14.8. The van der Waals surface area contributed by atoms with Crippen molar-refractivity contribution in [3.8, 4) is 0 Å². The maximum absolute atomic E-state index is 12.0. The van der Waals surface area contributed by atoms with E-state index in [9.17, 15) is 9.59 Å². The van der Waals surface area contributed by atoms with E-state index >= 15 is 0 Å². The molecule has 0 fully saturated rings. The Balaban J connectivity index is 2.92. The van der Waals surface area contributed by atoms with Gasteiger partial charge in [0.1, 0.15) is 0 Å². The Labute approximate surface area is 125 Å². The van der Waals surface area contributed by atoms with Crippen LogP contribution < -0.4 is 0 Å². The van der Waals surface area contributed by atoms with Crippen LogP contribution in [0.25, 0.3) is 0 Å². The van der Waals surface area contributed by atoms with E-state index in [2.05, 4.69) is 11.5 Å². The fourth-order valence-electron chi connectivity index (χ4n) is 1.87. The van der Waals surface area contributed by atoms with Crippen LogP contribution >= 0.6 is 10.1 Å². The van der Waals surface area contributed by atoms with E-state index in [-0.39, 0.29) is 23.1 Å². The van der Waals surface area contributed by atoms with Gasteiger partial charge in [-0.05, 0) is 0 Å². The summed E-state index contributed by atoms with van der Waals surface area (Å²) in [4.78, 5) is 24.7. The SMILES string of the molecule is COC(=O)C[CH](C(=O)OC)[Ge]([CH3])([CH3])[S]c1ccccc1. The second-order valence-corrected chi connectivity index (χ2v) is 20.5. The number of hydrogen-bond donors (Lipinski definition) is 0. The summed E-state index contributed by atoms with van der Waals surface area (Å²) < 4.78 is 9.19. The van der Waals surface area contributed by atoms with Gasteiger partial charge in [0.15, 0.2) is 0 Å². The van der Waals surface area contributed by atoms with Crippen molar-refractivity contribution in [1.82, 2.24) is 0 Å². The maximum atomic E-state index is 12.0. The molecule has 0 heterocycles. The number of benzene rings is 1. The van der Waals surface area contributed by atoms with Crippen molar-refractivity contribution < 1.29 is 19.1 Å². The van der Waals surface area contributed by atoms with Crippen molar-refractivity contribution >= 4 is 34.1 Å². The average Bonchev–Trinajstić information content (AvgIpc) is 2.44. The first-order valence-corrected chi connectivity index (χ1v) is 15.1. The number of hydrogen-bond acceptors (Lipinski definition) is 5. The molecule has 4 nitrogen and oxygen atoms in total. The normalized spacial score (nSPS) is 12.6. The van der Waals surface area contributed by atoms with Crippen LogP contribution in [0.4, 0.5) is 0 Å². The van der Waals surface area contributed by atoms with E-state index in [1.165, 1.54) is 14.2 Å². The van der Waals surface area contributed by atoms with Crippen LogP contribution in [0.5, 0.6) is 0 Å². The van der Waals surface area contributed by atoms with Crippen molar-refractivity contribution in [3.05, 3.63) is 30.3 Å². The molecule has 0 spiro atoms. The van der Waals surface area contributed by atoms with Gasteiger partial charge in [-0.2, -0.15) is 0 Å². The molecule has 1 unspecified atom stereocenters. The fraction of sp³-hybridized carbons (Fsp3) is 0.429. The Kier molecular flexibility index (Phi) is 6.62. The molecular formula is C14H20GeO4S. The van der Waals surface area contributed by atoms with Crippen LogP contribution in [0.1, 0.15) is 6.42 Å². The minimum atomic E-state index is -2.66. The molecular weight excluding hydrogens is 337 g/mol. The van der Waals surface area contributed by atoms with Crippen molar-refractivity contribution in [2.45, 2.75) is 27.6 Å². The number of carbonyl (C=O) groups is 2. The van der Waals surface area contributed by atoms with Gasteiger partial charge < -0.3 is 0 Å². The van der Waals surface area contributed by atoms with Gasteiger partial charge in [0, 0.05) is 0 Å². The van der Waals surface area contributed by atoms with Crippen molar-refractivity contribution in [2.24, 2.45) is 0 Å². The summed E-state index contributed by atoms with van der Waals surface area (Å²) in [6.45, 7) is 0. The molecule has 0 aliphatic rings. The molecule has 0 amide bonds. The zero-order valence-electron chi connectivity index (χ0n) is 12.2. The zero-order valence-corrected chi connectivity index (χ0v) is 15.1. The van der Waals surface area contributed by atoms with Gasteiger partial charge in [0.05, 0.1) is 0 Å². The van der Waals surface area contributed by atoms with Gasteiger partial charge >= 0.3 is 125 Å². The fourth-order valence-corrected chi connectivity index (χ4v) is 12.2. The number of esters is 2. The predicted molar refractivity (Wildman–Crippen MR) is 82.2 cm³/mol. The molecule has 0 saturated carbocycles. The summed E-state index contributed by atoms with van der Waals surface area (Å²) >= 11 is -2.66. The summed E-state index contributed by atoms with van der Waals surface area (Å²) in [7, 11) is 4.42. The molecule has 0 aromatic heterocycles. The van der Waals surface area contributed by atoms with Gasteiger partial charge in [0.25, 0.3) is 0 Å². The number of methoxy groups -OCH3 is 2. The van der Waals surface area contributed by atoms with Gasteiger partial charge in [-0.1, -0.05) is 0 Å². The topological polar surface area (TPSA) is 52.6 Å². The van der Waals surface area contributed by atoms with Crippen LogP contribution in [0.2, 0.25) is 16.3 Å². The molecule has 1 rings (SSSR count). The molecule has 0 saturated heterocycles. The van der Waals surface area contributed by atoms with E-state index in [0.717, 1.165) is 4.90 Å². The van der Waals surface area contributed by atoms with Gasteiger partial charge in [-0.15, -0.1) is 0 Å². The molecule has 1 aromatic rings. The Morgan fingerprint density at radius 2 is 1.75 bits per heavy atom. The second-order valence-electron chi connectivity index (χ2n) is 4.87. The molecule has 1 atom stereocenters. The zero-order chi connectivity index (χ0) is 15.2. The molecule has 0 aliphatic heterocycles. The average molecular weight is 357 g/mol. The monoisotopic (exact) mass is 358 g/mol. The van der Waals surface area contributed by atoms with Crippen LogP contribution in [-0.2, 0) is 19.1 Å². The second kappa shape index (κ2) is 7.73. The number of carbonyl (C=O) groups excluding carboxylic acids is 2. The third-order valence-electron chi connectivity index (χ3n) is 3.05. The summed E-state index contributed by atoms with van der Waals surface area (Å²) in [6.07, 6.45) is 0.0933. The summed E-state index contributed by atoms with van der Waals surface area (Å²) in [6, 6.07) is 9.92. The van der Waals surface area contributed by atoms with Crippen LogP contribution in [0.3, 0.4) is 0 Å². The molecule has 1 aromatic carbocycles. The Morgan fingerprint density at radius 1 is 1.15 bits per heavy atom. The number of ether oxygens (including phenoxy) is 2. The first-order chi connectivity index (χ1) is 9.40. The molecule has 0 bridgehead atoms. The summed E-state index contributed by atoms with van der Waals surface area (Å²) in [5.41, 5.74) is 0.